The van der Waals surface area contributed by atoms with Crippen LogP contribution in [0.5, 0.6) is 5.75 Å². The van der Waals surface area contributed by atoms with Gasteiger partial charge in [0.2, 0.25) is 0 Å². The molecule has 0 unspecified atom stereocenters. The van der Waals surface area contributed by atoms with E-state index in [2.05, 4.69) is 10.5 Å². The SMILES string of the molecule is CC(=NNC(N)=O)c1ccccc1OCC(=O)[O-]. The zero-order valence-electron chi connectivity index (χ0n) is 9.67. The molecule has 0 aromatic heterocycles. The average Bonchev–Trinajstić information content (AvgIpc) is 2.33. The summed E-state index contributed by atoms with van der Waals surface area (Å²) < 4.78 is 5.04. The van der Waals surface area contributed by atoms with Gasteiger partial charge < -0.3 is 20.4 Å². The Kier molecular flexibility index (Phi) is 4.67. The van der Waals surface area contributed by atoms with Crippen LogP contribution in [0.4, 0.5) is 4.79 Å². The second-order valence-electron chi connectivity index (χ2n) is 3.33. The van der Waals surface area contributed by atoms with E-state index in [-0.39, 0.29) is 0 Å². The predicted octanol–water partition coefficient (Wildman–Crippen LogP) is -0.792. The van der Waals surface area contributed by atoms with Crippen LogP contribution in [-0.2, 0) is 4.79 Å². The number of para-hydroxylation sites is 1. The Labute approximate surface area is 103 Å². The van der Waals surface area contributed by atoms with Gasteiger partial charge in [0.15, 0.2) is 0 Å². The summed E-state index contributed by atoms with van der Waals surface area (Å²) in [6, 6.07) is 5.88. The number of hydrogen-bond acceptors (Lipinski definition) is 5. The highest BCUT2D eigenvalue weighted by Gasteiger charge is 2.06. The number of hydrazone groups is 1. The third-order valence-corrected chi connectivity index (χ3v) is 1.96. The number of nitrogens with two attached hydrogens (primary N) is 1. The molecule has 18 heavy (non-hydrogen) atoms. The number of primary amides is 1. The van der Waals surface area contributed by atoms with Gasteiger partial charge in [-0.2, -0.15) is 5.10 Å². The van der Waals surface area contributed by atoms with Crippen LogP contribution in [-0.4, -0.2) is 24.3 Å². The number of hydrogen-bond donors (Lipinski definition) is 2. The van der Waals surface area contributed by atoms with Crippen LogP contribution >= 0.6 is 0 Å². The molecule has 1 aromatic rings. The number of carboxylic acid groups (broad SMARTS) is 1. The van der Waals surface area contributed by atoms with Crippen LogP contribution in [0.2, 0.25) is 0 Å². The van der Waals surface area contributed by atoms with Gasteiger partial charge in [-0.3, -0.25) is 0 Å². The van der Waals surface area contributed by atoms with Gasteiger partial charge in [0.25, 0.3) is 0 Å². The van der Waals surface area contributed by atoms with Crippen molar-refractivity contribution >= 4 is 17.7 Å². The molecule has 0 aliphatic carbocycles. The molecule has 1 rings (SSSR count). The highest BCUT2D eigenvalue weighted by molar-refractivity contribution is 6.01. The van der Waals surface area contributed by atoms with E-state index in [1.54, 1.807) is 31.2 Å². The molecule has 1 aromatic carbocycles. The van der Waals surface area contributed by atoms with Gasteiger partial charge in [0, 0.05) is 5.56 Å². The Balaban J connectivity index is 2.90. The van der Waals surface area contributed by atoms with Crippen molar-refractivity contribution in [2.24, 2.45) is 10.8 Å². The third-order valence-electron chi connectivity index (χ3n) is 1.96. The fourth-order valence-electron chi connectivity index (χ4n) is 1.23. The zero-order chi connectivity index (χ0) is 13.5. The summed E-state index contributed by atoms with van der Waals surface area (Å²) in [4.78, 5) is 20.9. The number of nitrogens with zero attached hydrogens (tertiary/aromatic N) is 1. The highest BCUT2D eigenvalue weighted by atomic mass is 16.5. The number of aliphatic carboxylic acids is 1. The Morgan fingerprint density at radius 3 is 2.72 bits per heavy atom. The molecule has 0 aliphatic rings. The normalized spacial score (nSPS) is 10.8. The van der Waals surface area contributed by atoms with Crippen LogP contribution in [0.15, 0.2) is 29.4 Å². The summed E-state index contributed by atoms with van der Waals surface area (Å²) in [6.45, 7) is 1.06. The second-order valence-corrected chi connectivity index (χ2v) is 3.33. The lowest BCUT2D eigenvalue weighted by atomic mass is 10.1. The number of rotatable bonds is 5. The number of urea groups is 1. The van der Waals surface area contributed by atoms with Crippen molar-refractivity contribution in [2.75, 3.05) is 6.61 Å². The van der Waals surface area contributed by atoms with Crippen LogP contribution in [0.1, 0.15) is 12.5 Å². The van der Waals surface area contributed by atoms with Crippen LogP contribution in [0, 0.1) is 0 Å². The average molecular weight is 250 g/mol. The van der Waals surface area contributed by atoms with Crippen molar-refractivity contribution in [3.05, 3.63) is 29.8 Å². The number of carboxylic acids is 1. The first-order valence-electron chi connectivity index (χ1n) is 5.02. The largest absolute Gasteiger partial charge is 0.546 e. The van der Waals surface area contributed by atoms with Gasteiger partial charge in [-0.25, -0.2) is 10.2 Å². The maximum Gasteiger partial charge on any atom is 0.332 e. The molecule has 0 fully saturated rings. The van der Waals surface area contributed by atoms with Crippen LogP contribution in [0.3, 0.4) is 0 Å². The molecule has 0 bridgehead atoms. The number of carbonyl (C=O) groups is 2. The number of amides is 2. The van der Waals surface area contributed by atoms with Gasteiger partial charge >= 0.3 is 6.03 Å². The van der Waals surface area contributed by atoms with Crippen molar-refractivity contribution in [3.8, 4) is 5.75 Å². The number of ether oxygens (including phenoxy) is 1. The van der Waals surface area contributed by atoms with Crippen LogP contribution < -0.4 is 21.0 Å². The Morgan fingerprint density at radius 1 is 1.44 bits per heavy atom. The minimum Gasteiger partial charge on any atom is -0.546 e. The lowest BCUT2D eigenvalue weighted by Crippen LogP contribution is -2.29. The first-order valence-corrected chi connectivity index (χ1v) is 5.02. The molecule has 7 heteroatoms. The van der Waals surface area contributed by atoms with Gasteiger partial charge in [0.05, 0.1) is 11.7 Å². The summed E-state index contributed by atoms with van der Waals surface area (Å²) >= 11 is 0. The Morgan fingerprint density at radius 2 is 2.11 bits per heavy atom. The first kappa shape index (κ1) is 13.5. The van der Waals surface area contributed by atoms with E-state index in [9.17, 15) is 14.7 Å². The molecule has 0 saturated carbocycles. The molecule has 0 saturated heterocycles. The van der Waals surface area contributed by atoms with Gasteiger partial charge in [0.1, 0.15) is 12.4 Å². The smallest absolute Gasteiger partial charge is 0.332 e. The lowest BCUT2D eigenvalue weighted by molar-refractivity contribution is -0.307. The van der Waals surface area contributed by atoms with Crippen molar-refractivity contribution in [1.82, 2.24) is 5.43 Å². The van der Waals surface area contributed by atoms with E-state index >= 15 is 0 Å². The fourth-order valence-corrected chi connectivity index (χ4v) is 1.23. The molecule has 3 N–H and O–H groups in total. The number of carbonyl (C=O) groups excluding carboxylic acids is 2. The summed E-state index contributed by atoms with van der Waals surface area (Å²) in [5.74, 6) is -0.996. The maximum atomic E-state index is 10.5. The lowest BCUT2D eigenvalue weighted by Gasteiger charge is -2.11. The van der Waals surface area contributed by atoms with Crippen molar-refractivity contribution in [1.29, 1.82) is 0 Å². The molecular formula is C11H12N3O4-. The Hall–Kier alpha value is -2.57. The number of nitrogens with one attached hydrogen (secondary N) is 1. The molecule has 0 atom stereocenters. The highest BCUT2D eigenvalue weighted by Crippen LogP contribution is 2.18. The van der Waals surface area contributed by atoms with Crippen molar-refractivity contribution in [3.63, 3.8) is 0 Å². The Bertz CT molecular complexity index is 485. The second kappa shape index (κ2) is 6.24. The molecule has 0 aliphatic heterocycles. The van der Waals surface area contributed by atoms with E-state index in [0.717, 1.165) is 0 Å². The van der Waals surface area contributed by atoms with Crippen molar-refractivity contribution < 1.29 is 19.4 Å². The molecule has 96 valence electrons. The third kappa shape index (κ3) is 4.12. The van der Waals surface area contributed by atoms with E-state index in [1.807, 2.05) is 0 Å². The summed E-state index contributed by atoms with van der Waals surface area (Å²) in [5, 5.41) is 14.1. The molecule has 7 nitrogen and oxygen atoms in total. The molecule has 0 heterocycles. The minimum absolute atomic E-state index is 0.328. The standard InChI is InChI=1S/C11H13N3O4/c1-7(13-14-11(12)17)8-4-2-3-5-9(8)18-6-10(15)16/h2-5H,6H2,1H3,(H,15,16)(H3,12,14,17)/p-1. The van der Waals surface area contributed by atoms with Gasteiger partial charge in [-0.05, 0) is 19.1 Å². The maximum absolute atomic E-state index is 10.5. The van der Waals surface area contributed by atoms with Crippen molar-refractivity contribution in [2.45, 2.75) is 6.92 Å². The number of benzene rings is 1. The van der Waals surface area contributed by atoms with E-state index in [0.29, 0.717) is 17.0 Å². The summed E-state index contributed by atoms with van der Waals surface area (Å²) in [7, 11) is 0. The first-order chi connectivity index (χ1) is 8.50. The van der Waals surface area contributed by atoms with E-state index in [1.165, 1.54) is 0 Å². The summed E-state index contributed by atoms with van der Waals surface area (Å²) in [5.41, 5.74) is 7.94. The topological polar surface area (TPSA) is 117 Å². The van der Waals surface area contributed by atoms with Gasteiger partial charge in [-0.15, -0.1) is 0 Å². The van der Waals surface area contributed by atoms with E-state index in [4.69, 9.17) is 10.5 Å². The molecule has 0 radical (unpaired) electrons. The predicted molar refractivity (Wildman–Crippen MR) is 61.9 cm³/mol. The van der Waals surface area contributed by atoms with E-state index < -0.39 is 18.6 Å². The monoisotopic (exact) mass is 250 g/mol. The molecular weight excluding hydrogens is 238 g/mol. The van der Waals surface area contributed by atoms with Gasteiger partial charge in [-0.1, -0.05) is 12.1 Å². The fraction of sp³-hybridized carbons (Fsp3) is 0.182. The van der Waals surface area contributed by atoms with Crippen LogP contribution in [0.25, 0.3) is 0 Å². The minimum atomic E-state index is -1.32. The quantitative estimate of drug-likeness (QED) is 0.525. The molecule has 2 amide bonds. The summed E-state index contributed by atoms with van der Waals surface area (Å²) in [6.07, 6.45) is 0. The zero-order valence-corrected chi connectivity index (χ0v) is 9.67. The molecule has 0 spiro atoms.